The van der Waals surface area contributed by atoms with Crippen LogP contribution in [0.25, 0.3) is 0 Å². The molecule has 0 fully saturated rings. The molecule has 0 aliphatic carbocycles. The highest BCUT2D eigenvalue weighted by atomic mass is 19.2. The molecule has 7 heteroatoms. The van der Waals surface area contributed by atoms with Crippen molar-refractivity contribution >= 4 is 17.3 Å². The fourth-order valence-corrected chi connectivity index (χ4v) is 1.60. The fraction of sp³-hybridized carbons (Fsp3) is 0.231. The Labute approximate surface area is 114 Å². The van der Waals surface area contributed by atoms with E-state index in [2.05, 4.69) is 20.6 Å². The van der Waals surface area contributed by atoms with Crippen molar-refractivity contribution in [1.29, 1.82) is 0 Å². The van der Waals surface area contributed by atoms with E-state index in [0.29, 0.717) is 29.9 Å². The largest absolute Gasteiger partial charge is 0.373 e. The molecule has 0 bridgehead atoms. The van der Waals surface area contributed by atoms with Crippen LogP contribution in [0, 0.1) is 17.5 Å². The number of aryl methyl sites for hydroxylation is 1. The normalized spacial score (nSPS) is 10.4. The van der Waals surface area contributed by atoms with Gasteiger partial charge in [-0.15, -0.1) is 0 Å². The quantitative estimate of drug-likeness (QED) is 0.845. The number of aromatic nitrogens is 2. The maximum atomic E-state index is 13.6. The van der Waals surface area contributed by atoms with E-state index in [1.807, 2.05) is 6.92 Å². The zero-order valence-electron chi connectivity index (χ0n) is 11.0. The Bertz CT molecular complexity index is 609. The molecule has 0 aliphatic heterocycles. The fourth-order valence-electron chi connectivity index (χ4n) is 1.60. The van der Waals surface area contributed by atoms with E-state index in [4.69, 9.17) is 0 Å². The van der Waals surface area contributed by atoms with Crippen LogP contribution in [-0.2, 0) is 6.42 Å². The van der Waals surface area contributed by atoms with Crippen LogP contribution in [0.1, 0.15) is 12.7 Å². The smallest absolute Gasteiger partial charge is 0.161 e. The van der Waals surface area contributed by atoms with Crippen molar-refractivity contribution in [2.75, 3.05) is 17.7 Å². The molecule has 1 aromatic heterocycles. The van der Waals surface area contributed by atoms with Gasteiger partial charge in [0.2, 0.25) is 0 Å². The van der Waals surface area contributed by atoms with Gasteiger partial charge in [0, 0.05) is 31.7 Å². The lowest BCUT2D eigenvalue weighted by Gasteiger charge is -2.10. The van der Waals surface area contributed by atoms with Crippen molar-refractivity contribution in [2.45, 2.75) is 13.3 Å². The summed E-state index contributed by atoms with van der Waals surface area (Å²) in [6.07, 6.45) is 0.588. The van der Waals surface area contributed by atoms with Gasteiger partial charge in [-0.25, -0.2) is 23.1 Å². The lowest BCUT2D eigenvalue weighted by Crippen LogP contribution is -2.04. The van der Waals surface area contributed by atoms with Gasteiger partial charge in [-0.1, -0.05) is 6.92 Å². The minimum absolute atomic E-state index is 0.188. The number of halogens is 3. The Hall–Kier alpha value is -2.31. The summed E-state index contributed by atoms with van der Waals surface area (Å²) in [6.45, 7) is 1.87. The first kappa shape index (κ1) is 14.1. The molecule has 2 aromatic rings. The van der Waals surface area contributed by atoms with E-state index in [-0.39, 0.29) is 5.69 Å². The minimum atomic E-state index is -1.24. The topological polar surface area (TPSA) is 49.8 Å². The number of nitrogens with one attached hydrogen (secondary N) is 2. The Kier molecular flexibility index (Phi) is 4.07. The van der Waals surface area contributed by atoms with Gasteiger partial charge < -0.3 is 10.6 Å². The molecule has 20 heavy (non-hydrogen) atoms. The Morgan fingerprint density at radius 3 is 2.25 bits per heavy atom. The molecule has 106 valence electrons. The van der Waals surface area contributed by atoms with Crippen LogP contribution in [0.5, 0.6) is 0 Å². The molecule has 2 rings (SSSR count). The van der Waals surface area contributed by atoms with E-state index < -0.39 is 17.5 Å². The summed E-state index contributed by atoms with van der Waals surface area (Å²) in [5, 5.41) is 5.46. The minimum Gasteiger partial charge on any atom is -0.373 e. The Balaban J connectivity index is 2.36. The summed E-state index contributed by atoms with van der Waals surface area (Å²) in [7, 11) is 1.68. The first-order valence-corrected chi connectivity index (χ1v) is 6.00. The van der Waals surface area contributed by atoms with E-state index in [1.54, 1.807) is 13.1 Å². The summed E-state index contributed by atoms with van der Waals surface area (Å²) < 4.78 is 39.5. The van der Waals surface area contributed by atoms with Crippen LogP contribution < -0.4 is 10.6 Å². The van der Waals surface area contributed by atoms with Gasteiger partial charge in [-0.2, -0.15) is 0 Å². The number of benzene rings is 1. The highest BCUT2D eigenvalue weighted by Gasteiger charge is 2.11. The highest BCUT2D eigenvalue weighted by molar-refractivity contribution is 5.59. The Morgan fingerprint density at radius 1 is 0.950 bits per heavy atom. The summed E-state index contributed by atoms with van der Waals surface area (Å²) in [6, 6.07) is 2.77. The SMILES string of the molecule is CCc1nc(NC)cc(Nc2cc(F)c(F)cc2F)n1. The number of nitrogens with zero attached hydrogens (tertiary/aromatic N) is 2. The summed E-state index contributed by atoms with van der Waals surface area (Å²) in [5.41, 5.74) is -0.188. The molecule has 1 heterocycles. The lowest BCUT2D eigenvalue weighted by molar-refractivity contribution is 0.496. The zero-order valence-corrected chi connectivity index (χ0v) is 11.0. The highest BCUT2D eigenvalue weighted by Crippen LogP contribution is 2.23. The van der Waals surface area contributed by atoms with Gasteiger partial charge in [-0.05, 0) is 0 Å². The third-order valence-electron chi connectivity index (χ3n) is 2.62. The number of hydrogen-bond donors (Lipinski definition) is 2. The molecule has 2 N–H and O–H groups in total. The average molecular weight is 282 g/mol. The summed E-state index contributed by atoms with van der Waals surface area (Å²) in [4.78, 5) is 8.32. The van der Waals surface area contributed by atoms with E-state index in [0.717, 1.165) is 6.07 Å². The van der Waals surface area contributed by atoms with Crippen molar-refractivity contribution < 1.29 is 13.2 Å². The number of anilines is 3. The first-order chi connectivity index (χ1) is 9.53. The molecule has 0 aliphatic rings. The molecule has 0 saturated heterocycles. The predicted octanol–water partition coefficient (Wildman–Crippen LogP) is 3.24. The third-order valence-corrected chi connectivity index (χ3v) is 2.62. The number of hydrogen-bond acceptors (Lipinski definition) is 4. The van der Waals surface area contributed by atoms with Gasteiger partial charge in [0.15, 0.2) is 11.6 Å². The van der Waals surface area contributed by atoms with Crippen LogP contribution in [0.4, 0.5) is 30.5 Å². The van der Waals surface area contributed by atoms with E-state index >= 15 is 0 Å². The third kappa shape index (κ3) is 2.98. The molecule has 0 atom stereocenters. The van der Waals surface area contributed by atoms with Crippen molar-refractivity contribution in [3.63, 3.8) is 0 Å². The van der Waals surface area contributed by atoms with Crippen LogP contribution in [0.2, 0.25) is 0 Å². The van der Waals surface area contributed by atoms with Gasteiger partial charge in [0.25, 0.3) is 0 Å². The van der Waals surface area contributed by atoms with Crippen LogP contribution in [0.3, 0.4) is 0 Å². The second kappa shape index (κ2) is 5.77. The molecular weight excluding hydrogens is 269 g/mol. The molecule has 0 unspecified atom stereocenters. The Morgan fingerprint density at radius 2 is 1.60 bits per heavy atom. The van der Waals surface area contributed by atoms with Gasteiger partial charge in [-0.3, -0.25) is 0 Å². The first-order valence-electron chi connectivity index (χ1n) is 6.00. The van der Waals surface area contributed by atoms with Crippen molar-refractivity contribution in [3.8, 4) is 0 Å². The van der Waals surface area contributed by atoms with Gasteiger partial charge >= 0.3 is 0 Å². The van der Waals surface area contributed by atoms with Crippen LogP contribution in [0.15, 0.2) is 18.2 Å². The van der Waals surface area contributed by atoms with Crippen molar-refractivity contribution in [3.05, 3.63) is 41.5 Å². The summed E-state index contributed by atoms with van der Waals surface area (Å²) >= 11 is 0. The molecule has 0 spiro atoms. The zero-order chi connectivity index (χ0) is 14.7. The van der Waals surface area contributed by atoms with E-state index in [1.165, 1.54) is 0 Å². The maximum Gasteiger partial charge on any atom is 0.161 e. The molecule has 4 nitrogen and oxygen atoms in total. The van der Waals surface area contributed by atoms with Gasteiger partial charge in [0.05, 0.1) is 5.69 Å². The average Bonchev–Trinajstić information content (AvgIpc) is 2.44. The standard InChI is InChI=1S/C13H13F3N4/c1-3-11-19-12(17-2)6-13(20-11)18-10-5-8(15)7(14)4-9(10)16/h4-6H,3H2,1-2H3,(H2,17,18,19,20). The monoisotopic (exact) mass is 282 g/mol. The van der Waals surface area contributed by atoms with E-state index in [9.17, 15) is 13.2 Å². The lowest BCUT2D eigenvalue weighted by atomic mass is 10.2. The molecular formula is C13H13F3N4. The van der Waals surface area contributed by atoms with Crippen molar-refractivity contribution in [2.24, 2.45) is 0 Å². The molecule has 0 saturated carbocycles. The number of rotatable bonds is 4. The molecule has 0 radical (unpaired) electrons. The maximum absolute atomic E-state index is 13.6. The summed E-state index contributed by atoms with van der Waals surface area (Å²) in [5.74, 6) is -1.88. The molecule has 1 aromatic carbocycles. The van der Waals surface area contributed by atoms with Crippen molar-refractivity contribution in [1.82, 2.24) is 9.97 Å². The van der Waals surface area contributed by atoms with Gasteiger partial charge in [0.1, 0.15) is 23.3 Å². The predicted molar refractivity (Wildman–Crippen MR) is 70.6 cm³/mol. The van der Waals surface area contributed by atoms with Crippen LogP contribution >= 0.6 is 0 Å². The second-order valence-electron chi connectivity index (χ2n) is 4.03. The second-order valence-corrected chi connectivity index (χ2v) is 4.03. The molecule has 0 amide bonds. The van der Waals surface area contributed by atoms with Crippen LogP contribution in [-0.4, -0.2) is 17.0 Å².